The van der Waals surface area contributed by atoms with Gasteiger partial charge in [-0.25, -0.2) is 9.18 Å². The molecule has 1 aromatic rings. The van der Waals surface area contributed by atoms with Crippen molar-refractivity contribution in [3.05, 3.63) is 33.1 Å². The van der Waals surface area contributed by atoms with Crippen LogP contribution >= 0.6 is 0 Å². The van der Waals surface area contributed by atoms with E-state index in [0.717, 1.165) is 23.8 Å². The highest BCUT2D eigenvalue weighted by Gasteiger charge is 2.54. The molecule has 0 amide bonds. The molecule has 1 aliphatic rings. The highest BCUT2D eigenvalue weighted by Crippen LogP contribution is 2.40. The number of halogens is 1. The van der Waals surface area contributed by atoms with E-state index in [4.69, 9.17) is 9.84 Å². The number of rotatable bonds is 2. The quantitative estimate of drug-likeness (QED) is 0.601. The fraction of sp³-hybridized carbons (Fsp3) is 0.600. The van der Waals surface area contributed by atoms with Crippen LogP contribution < -0.4 is 11.2 Å². The second-order valence-corrected chi connectivity index (χ2v) is 4.32. The molecule has 2 heterocycles. The van der Waals surface area contributed by atoms with E-state index in [-0.39, 0.29) is 0 Å². The number of aromatic amines is 1. The number of aliphatic hydroxyl groups is 2. The molecule has 100 valence electrons. The molecule has 3 N–H and O–H groups in total. The van der Waals surface area contributed by atoms with Crippen molar-refractivity contribution in [2.75, 3.05) is 6.61 Å². The van der Waals surface area contributed by atoms with Crippen LogP contribution in [0.4, 0.5) is 4.39 Å². The van der Waals surface area contributed by atoms with Gasteiger partial charge in [0.25, 0.3) is 5.56 Å². The highest BCUT2D eigenvalue weighted by atomic mass is 19.1. The summed E-state index contributed by atoms with van der Waals surface area (Å²) in [7, 11) is 0. The molecule has 0 spiro atoms. The average Bonchev–Trinajstić information content (AvgIpc) is 2.52. The first-order valence-electron chi connectivity index (χ1n) is 5.32. The number of aromatic nitrogens is 2. The predicted octanol–water partition coefficient (Wildman–Crippen LogP) is -1.48. The van der Waals surface area contributed by atoms with Crippen molar-refractivity contribution >= 4 is 0 Å². The highest BCUT2D eigenvalue weighted by molar-refractivity contribution is 5.01. The molecule has 1 aromatic heterocycles. The molecule has 8 heteroatoms. The molecule has 4 atom stereocenters. The molecule has 0 aliphatic carbocycles. The lowest BCUT2D eigenvalue weighted by molar-refractivity contribution is -0.0611. The van der Waals surface area contributed by atoms with E-state index >= 15 is 0 Å². The summed E-state index contributed by atoms with van der Waals surface area (Å²) < 4.78 is 20.3. The van der Waals surface area contributed by atoms with Crippen LogP contribution in [0.2, 0.25) is 0 Å². The summed E-state index contributed by atoms with van der Waals surface area (Å²) in [5, 5.41) is 18.6. The normalized spacial score (nSPS) is 35.9. The summed E-state index contributed by atoms with van der Waals surface area (Å²) in [4.78, 5) is 24.4. The minimum absolute atomic E-state index is 0.574. The zero-order valence-corrected chi connectivity index (χ0v) is 9.54. The van der Waals surface area contributed by atoms with Crippen LogP contribution in [-0.2, 0) is 4.74 Å². The number of alkyl halides is 1. The van der Waals surface area contributed by atoms with Crippen LogP contribution in [0.3, 0.4) is 0 Å². The van der Waals surface area contributed by atoms with Crippen molar-refractivity contribution in [1.82, 2.24) is 9.55 Å². The van der Waals surface area contributed by atoms with Crippen molar-refractivity contribution < 1.29 is 19.3 Å². The fourth-order valence-electron chi connectivity index (χ4n) is 1.97. The first-order chi connectivity index (χ1) is 8.37. The minimum atomic E-state index is -2.25. The zero-order chi connectivity index (χ0) is 13.5. The Hall–Kier alpha value is -1.51. The van der Waals surface area contributed by atoms with Crippen molar-refractivity contribution in [3.63, 3.8) is 0 Å². The van der Waals surface area contributed by atoms with E-state index in [1.807, 2.05) is 4.98 Å². The summed E-state index contributed by atoms with van der Waals surface area (Å²) in [6, 6.07) is 1.04. The van der Waals surface area contributed by atoms with Gasteiger partial charge in [-0.1, -0.05) is 0 Å². The Bertz CT molecular complexity index is 552. The molecule has 18 heavy (non-hydrogen) atoms. The average molecular weight is 260 g/mol. The lowest BCUT2D eigenvalue weighted by atomic mass is 9.98. The summed E-state index contributed by atoms with van der Waals surface area (Å²) in [5.74, 6) is 0. The Morgan fingerprint density at radius 2 is 2.28 bits per heavy atom. The van der Waals surface area contributed by atoms with Crippen LogP contribution in [0, 0.1) is 0 Å². The van der Waals surface area contributed by atoms with Gasteiger partial charge >= 0.3 is 5.69 Å². The topological polar surface area (TPSA) is 105 Å². The van der Waals surface area contributed by atoms with Crippen molar-refractivity contribution in [3.8, 4) is 0 Å². The van der Waals surface area contributed by atoms with Gasteiger partial charge in [-0.3, -0.25) is 14.3 Å². The van der Waals surface area contributed by atoms with Crippen molar-refractivity contribution in [2.45, 2.75) is 31.0 Å². The lowest BCUT2D eigenvalue weighted by Gasteiger charge is -2.24. The Morgan fingerprint density at radius 3 is 2.78 bits per heavy atom. The van der Waals surface area contributed by atoms with Gasteiger partial charge in [-0.15, -0.1) is 0 Å². The summed E-state index contributed by atoms with van der Waals surface area (Å²) in [5.41, 5.74) is -3.72. The van der Waals surface area contributed by atoms with Crippen LogP contribution in [0.5, 0.6) is 0 Å². The first-order valence-corrected chi connectivity index (χ1v) is 5.32. The van der Waals surface area contributed by atoms with Gasteiger partial charge in [0.2, 0.25) is 0 Å². The van der Waals surface area contributed by atoms with Gasteiger partial charge in [0, 0.05) is 12.3 Å². The Kier molecular flexibility index (Phi) is 3.09. The first kappa shape index (κ1) is 12.9. The molecule has 0 aromatic carbocycles. The maximum atomic E-state index is 14.3. The molecule has 0 saturated carbocycles. The van der Waals surface area contributed by atoms with E-state index in [0.29, 0.717) is 0 Å². The maximum absolute atomic E-state index is 14.3. The zero-order valence-electron chi connectivity index (χ0n) is 9.54. The van der Waals surface area contributed by atoms with E-state index in [2.05, 4.69) is 0 Å². The predicted molar refractivity (Wildman–Crippen MR) is 57.8 cm³/mol. The van der Waals surface area contributed by atoms with Crippen LogP contribution in [0.25, 0.3) is 0 Å². The third-order valence-electron chi connectivity index (χ3n) is 3.00. The van der Waals surface area contributed by atoms with Crippen LogP contribution in [-0.4, -0.2) is 44.2 Å². The smallest absolute Gasteiger partial charge is 0.330 e. The Labute approximate surface area is 100 Å². The Balaban J connectivity index is 2.45. The summed E-state index contributed by atoms with van der Waals surface area (Å²) in [6.45, 7) is 0.491. The second kappa shape index (κ2) is 4.30. The monoisotopic (exact) mass is 260 g/mol. The van der Waals surface area contributed by atoms with Gasteiger partial charge in [-0.2, -0.15) is 0 Å². The SMILES string of the molecule is CC1(F)C(O)C(CO)O[C@H]1n1ccc(=O)[nH]c1=O. The fourth-order valence-corrected chi connectivity index (χ4v) is 1.97. The molecule has 1 saturated heterocycles. The minimum Gasteiger partial charge on any atom is -0.394 e. The number of hydrogen-bond acceptors (Lipinski definition) is 5. The van der Waals surface area contributed by atoms with E-state index in [9.17, 15) is 19.1 Å². The number of nitrogens with one attached hydrogen (secondary N) is 1. The van der Waals surface area contributed by atoms with Crippen LogP contribution in [0.15, 0.2) is 21.9 Å². The van der Waals surface area contributed by atoms with Gasteiger partial charge in [0.15, 0.2) is 11.9 Å². The van der Waals surface area contributed by atoms with Crippen molar-refractivity contribution in [2.24, 2.45) is 0 Å². The van der Waals surface area contributed by atoms with Gasteiger partial charge in [0.1, 0.15) is 12.2 Å². The molecule has 3 unspecified atom stereocenters. The molecular weight excluding hydrogens is 247 g/mol. The number of nitrogens with zero attached hydrogens (tertiary/aromatic N) is 1. The van der Waals surface area contributed by atoms with Crippen LogP contribution in [0.1, 0.15) is 13.2 Å². The number of hydrogen-bond donors (Lipinski definition) is 3. The Morgan fingerprint density at radius 1 is 1.61 bits per heavy atom. The molecule has 2 rings (SSSR count). The van der Waals surface area contributed by atoms with E-state index in [1.54, 1.807) is 0 Å². The van der Waals surface area contributed by atoms with Gasteiger partial charge < -0.3 is 14.9 Å². The molecular formula is C10H13FN2O5. The maximum Gasteiger partial charge on any atom is 0.330 e. The third-order valence-corrected chi connectivity index (χ3v) is 3.00. The molecule has 7 nitrogen and oxygen atoms in total. The molecule has 1 aliphatic heterocycles. The van der Waals surface area contributed by atoms with E-state index in [1.165, 1.54) is 0 Å². The second-order valence-electron chi connectivity index (χ2n) is 4.32. The third kappa shape index (κ3) is 1.88. The molecule has 0 radical (unpaired) electrons. The number of aliphatic hydroxyl groups excluding tert-OH is 2. The van der Waals surface area contributed by atoms with Gasteiger partial charge in [0.05, 0.1) is 6.61 Å². The lowest BCUT2D eigenvalue weighted by Crippen LogP contribution is -2.43. The molecule has 0 bridgehead atoms. The van der Waals surface area contributed by atoms with E-state index < -0.39 is 42.0 Å². The number of H-pyrrole nitrogens is 1. The number of ether oxygens (including phenoxy) is 1. The summed E-state index contributed by atoms with van der Waals surface area (Å²) >= 11 is 0. The largest absolute Gasteiger partial charge is 0.394 e. The standard InChI is InChI=1S/C10H13FN2O5/c1-10(11)7(16)5(4-14)18-8(10)13-3-2-6(15)12-9(13)17/h2-3,5,7-8,14,16H,4H2,1H3,(H,12,15,17)/t5?,7?,8-,10?/m1/s1. The summed E-state index contributed by atoms with van der Waals surface area (Å²) in [6.07, 6.45) is -3.01. The van der Waals surface area contributed by atoms with Crippen molar-refractivity contribution in [1.29, 1.82) is 0 Å². The molecule has 1 fully saturated rings. The van der Waals surface area contributed by atoms with Gasteiger partial charge in [-0.05, 0) is 6.92 Å².